The van der Waals surface area contributed by atoms with Crippen molar-refractivity contribution < 1.29 is 14.3 Å². The van der Waals surface area contributed by atoms with Crippen LogP contribution in [0.2, 0.25) is 0 Å². The maximum Gasteiger partial charge on any atom is 0.255 e. The van der Waals surface area contributed by atoms with Gasteiger partial charge in [-0.05, 0) is 52.3 Å². The maximum absolute atomic E-state index is 13.1. The molecule has 0 aliphatic carbocycles. The normalized spacial score (nSPS) is 10.1. The zero-order valence-electron chi connectivity index (χ0n) is 9.15. The highest BCUT2D eigenvalue weighted by Crippen LogP contribution is 2.24. The molecule has 5 heteroatoms. The van der Waals surface area contributed by atoms with Gasteiger partial charge in [0.25, 0.3) is 5.91 Å². The van der Waals surface area contributed by atoms with Crippen LogP contribution in [0, 0.1) is 5.82 Å². The number of halogens is 2. The van der Waals surface area contributed by atoms with Gasteiger partial charge in [-0.15, -0.1) is 0 Å². The van der Waals surface area contributed by atoms with Gasteiger partial charge in [-0.1, -0.05) is 6.07 Å². The van der Waals surface area contributed by atoms with E-state index in [9.17, 15) is 14.3 Å². The number of rotatable bonds is 2. The van der Waals surface area contributed by atoms with Gasteiger partial charge in [0, 0.05) is 10.0 Å². The molecule has 0 bridgehead atoms. The first kappa shape index (κ1) is 12.6. The van der Waals surface area contributed by atoms with Gasteiger partial charge in [0.15, 0.2) is 0 Å². The molecule has 0 fully saturated rings. The minimum absolute atomic E-state index is 0.000887. The number of phenols is 1. The van der Waals surface area contributed by atoms with E-state index in [2.05, 4.69) is 21.2 Å². The molecule has 0 saturated heterocycles. The first-order chi connectivity index (χ1) is 8.56. The Morgan fingerprint density at radius 1 is 1.22 bits per heavy atom. The van der Waals surface area contributed by atoms with Crippen LogP contribution in [0.5, 0.6) is 5.75 Å². The van der Waals surface area contributed by atoms with Crippen molar-refractivity contribution in [1.82, 2.24) is 0 Å². The summed E-state index contributed by atoms with van der Waals surface area (Å²) < 4.78 is 13.6. The van der Waals surface area contributed by atoms with E-state index in [0.717, 1.165) is 0 Å². The van der Waals surface area contributed by atoms with Gasteiger partial charge >= 0.3 is 0 Å². The summed E-state index contributed by atoms with van der Waals surface area (Å²) in [4.78, 5) is 11.9. The second kappa shape index (κ2) is 5.18. The average molecular weight is 310 g/mol. The van der Waals surface area contributed by atoms with Crippen LogP contribution in [0.15, 0.2) is 46.9 Å². The Balaban J connectivity index is 2.24. The first-order valence-electron chi connectivity index (χ1n) is 5.12. The SMILES string of the molecule is O=C(Nc1cc(F)ccc1Br)c1cccc(O)c1. The van der Waals surface area contributed by atoms with Gasteiger partial charge in [-0.2, -0.15) is 0 Å². The maximum atomic E-state index is 13.1. The Hall–Kier alpha value is -1.88. The predicted molar refractivity (Wildman–Crippen MR) is 70.2 cm³/mol. The van der Waals surface area contributed by atoms with Gasteiger partial charge in [0.1, 0.15) is 11.6 Å². The van der Waals surface area contributed by atoms with E-state index in [1.165, 1.54) is 30.3 Å². The number of amides is 1. The molecule has 92 valence electrons. The van der Waals surface area contributed by atoms with Crippen molar-refractivity contribution in [2.45, 2.75) is 0 Å². The second-order valence-electron chi connectivity index (χ2n) is 3.63. The molecule has 3 nitrogen and oxygen atoms in total. The molecule has 1 amide bonds. The van der Waals surface area contributed by atoms with Crippen LogP contribution in [0.3, 0.4) is 0 Å². The van der Waals surface area contributed by atoms with Crippen LogP contribution in [0.4, 0.5) is 10.1 Å². The molecule has 2 aromatic carbocycles. The van der Waals surface area contributed by atoms with Crippen molar-refractivity contribution in [3.05, 3.63) is 58.3 Å². The van der Waals surface area contributed by atoms with Crippen LogP contribution < -0.4 is 5.32 Å². The molecule has 2 rings (SSSR count). The lowest BCUT2D eigenvalue weighted by atomic mass is 10.2. The summed E-state index contributed by atoms with van der Waals surface area (Å²) in [5, 5.41) is 11.8. The van der Waals surface area contributed by atoms with Crippen LogP contribution >= 0.6 is 15.9 Å². The van der Waals surface area contributed by atoms with E-state index in [0.29, 0.717) is 15.7 Å². The molecule has 0 unspecified atom stereocenters. The molecule has 0 aliphatic heterocycles. The molecule has 0 aromatic heterocycles. The Morgan fingerprint density at radius 3 is 2.72 bits per heavy atom. The van der Waals surface area contributed by atoms with E-state index < -0.39 is 11.7 Å². The zero-order valence-corrected chi connectivity index (χ0v) is 10.7. The summed E-state index contributed by atoms with van der Waals surface area (Å²) in [6, 6.07) is 9.93. The Morgan fingerprint density at radius 2 is 2.00 bits per heavy atom. The highest BCUT2D eigenvalue weighted by atomic mass is 79.9. The Kier molecular flexibility index (Phi) is 3.62. The monoisotopic (exact) mass is 309 g/mol. The number of carbonyl (C=O) groups is 1. The lowest BCUT2D eigenvalue weighted by Crippen LogP contribution is -2.12. The Labute approximate surface area is 111 Å². The fraction of sp³-hybridized carbons (Fsp3) is 0. The predicted octanol–water partition coefficient (Wildman–Crippen LogP) is 3.55. The van der Waals surface area contributed by atoms with Crippen molar-refractivity contribution in [3.63, 3.8) is 0 Å². The van der Waals surface area contributed by atoms with E-state index in [1.54, 1.807) is 12.1 Å². The quantitative estimate of drug-likeness (QED) is 0.891. The fourth-order valence-corrected chi connectivity index (χ4v) is 1.78. The lowest BCUT2D eigenvalue weighted by Gasteiger charge is -2.07. The first-order valence-corrected chi connectivity index (χ1v) is 5.91. The van der Waals surface area contributed by atoms with Crippen LogP contribution in [0.25, 0.3) is 0 Å². The molecular formula is C13H9BrFNO2. The molecule has 0 saturated carbocycles. The number of phenolic OH excluding ortho intramolecular Hbond substituents is 1. The molecular weight excluding hydrogens is 301 g/mol. The lowest BCUT2D eigenvalue weighted by molar-refractivity contribution is 0.102. The summed E-state index contributed by atoms with van der Waals surface area (Å²) in [5.41, 5.74) is 0.634. The number of benzene rings is 2. The van der Waals surface area contributed by atoms with E-state index in [4.69, 9.17) is 0 Å². The number of hydrogen-bond acceptors (Lipinski definition) is 2. The fourth-order valence-electron chi connectivity index (χ4n) is 1.43. The number of nitrogens with one attached hydrogen (secondary N) is 1. The number of aromatic hydroxyl groups is 1. The highest BCUT2D eigenvalue weighted by Gasteiger charge is 2.09. The summed E-state index contributed by atoms with van der Waals surface area (Å²) in [6.07, 6.45) is 0. The number of hydrogen-bond donors (Lipinski definition) is 2. The summed E-state index contributed by atoms with van der Waals surface area (Å²) in [7, 11) is 0. The molecule has 0 spiro atoms. The van der Waals surface area contributed by atoms with Crippen LogP contribution in [0.1, 0.15) is 10.4 Å². The van der Waals surface area contributed by atoms with Crippen molar-refractivity contribution in [2.75, 3.05) is 5.32 Å². The highest BCUT2D eigenvalue weighted by molar-refractivity contribution is 9.10. The third-order valence-electron chi connectivity index (χ3n) is 2.28. The molecule has 0 atom stereocenters. The van der Waals surface area contributed by atoms with Gasteiger partial charge in [0.2, 0.25) is 0 Å². The molecule has 0 heterocycles. The molecule has 0 aliphatic rings. The largest absolute Gasteiger partial charge is 0.508 e. The summed E-state index contributed by atoms with van der Waals surface area (Å²) >= 11 is 3.22. The molecule has 2 N–H and O–H groups in total. The van der Waals surface area contributed by atoms with Gasteiger partial charge in [-0.3, -0.25) is 4.79 Å². The van der Waals surface area contributed by atoms with Crippen molar-refractivity contribution in [3.8, 4) is 5.75 Å². The number of carbonyl (C=O) groups excluding carboxylic acids is 1. The van der Waals surface area contributed by atoms with Crippen molar-refractivity contribution in [1.29, 1.82) is 0 Å². The van der Waals surface area contributed by atoms with Crippen LogP contribution in [-0.2, 0) is 0 Å². The van der Waals surface area contributed by atoms with Crippen LogP contribution in [-0.4, -0.2) is 11.0 Å². The minimum Gasteiger partial charge on any atom is -0.508 e. The zero-order chi connectivity index (χ0) is 13.1. The third kappa shape index (κ3) is 2.87. The van der Waals surface area contributed by atoms with Gasteiger partial charge in [0.05, 0.1) is 5.69 Å². The smallest absolute Gasteiger partial charge is 0.255 e. The molecule has 18 heavy (non-hydrogen) atoms. The Bertz CT molecular complexity index is 601. The number of anilines is 1. The topological polar surface area (TPSA) is 49.3 Å². The third-order valence-corrected chi connectivity index (χ3v) is 2.98. The van der Waals surface area contributed by atoms with Crippen molar-refractivity contribution in [2.24, 2.45) is 0 Å². The average Bonchev–Trinajstić information content (AvgIpc) is 2.34. The summed E-state index contributed by atoms with van der Waals surface area (Å²) in [5.74, 6) is -0.859. The van der Waals surface area contributed by atoms with Crippen molar-refractivity contribution >= 4 is 27.5 Å². The van der Waals surface area contributed by atoms with E-state index >= 15 is 0 Å². The molecule has 0 radical (unpaired) electrons. The molecule has 2 aromatic rings. The van der Waals surface area contributed by atoms with E-state index in [1.807, 2.05) is 0 Å². The minimum atomic E-state index is -0.440. The van der Waals surface area contributed by atoms with Gasteiger partial charge < -0.3 is 10.4 Å². The van der Waals surface area contributed by atoms with Gasteiger partial charge in [-0.25, -0.2) is 4.39 Å². The summed E-state index contributed by atoms with van der Waals surface area (Å²) in [6.45, 7) is 0. The standard InChI is InChI=1S/C13H9BrFNO2/c14-11-5-4-9(15)7-12(11)16-13(18)8-2-1-3-10(17)6-8/h1-7,17H,(H,16,18). The van der Waals surface area contributed by atoms with E-state index in [-0.39, 0.29) is 5.75 Å². The second-order valence-corrected chi connectivity index (χ2v) is 4.48.